The van der Waals surface area contributed by atoms with Crippen LogP contribution in [-0.4, -0.2) is 17.8 Å². The Hall–Kier alpha value is -1.22. The van der Waals surface area contributed by atoms with Gasteiger partial charge in [-0.05, 0) is 24.6 Å². The number of anilines is 1. The third kappa shape index (κ3) is 1.60. The number of phenolic OH excluding ortho intramolecular Hbond substituents is 1. The smallest absolute Gasteiger partial charge is 0.119 e. The molecule has 1 aromatic carbocycles. The minimum Gasteiger partial charge on any atom is -0.508 e. The Morgan fingerprint density at radius 3 is 2.92 bits per heavy atom. The molecule has 3 nitrogen and oxygen atoms in total. The summed E-state index contributed by atoms with van der Waals surface area (Å²) in [6.07, 6.45) is 1.05. The maximum Gasteiger partial charge on any atom is 0.119 e. The Morgan fingerprint density at radius 1 is 1.62 bits per heavy atom. The molecule has 0 spiro atoms. The van der Waals surface area contributed by atoms with Crippen LogP contribution in [-0.2, 0) is 11.2 Å². The van der Waals surface area contributed by atoms with Crippen LogP contribution >= 0.6 is 0 Å². The van der Waals surface area contributed by atoms with E-state index >= 15 is 0 Å². The van der Waals surface area contributed by atoms with Crippen molar-refractivity contribution in [2.45, 2.75) is 19.4 Å². The Kier molecular flexibility index (Phi) is 1.88. The summed E-state index contributed by atoms with van der Waals surface area (Å²) in [5.41, 5.74) is 8.35. The van der Waals surface area contributed by atoms with Gasteiger partial charge in [-0.3, -0.25) is 0 Å². The van der Waals surface area contributed by atoms with Gasteiger partial charge in [-0.2, -0.15) is 0 Å². The summed E-state index contributed by atoms with van der Waals surface area (Å²) in [6, 6.07) is 3.36. The number of hydrogen-bond donors (Lipinski definition) is 2. The first-order valence-corrected chi connectivity index (χ1v) is 4.37. The molecule has 1 atom stereocenters. The molecule has 3 N–H and O–H groups in total. The summed E-state index contributed by atoms with van der Waals surface area (Å²) in [7, 11) is 0. The van der Waals surface area contributed by atoms with Crippen molar-refractivity contribution in [3.63, 3.8) is 0 Å². The van der Waals surface area contributed by atoms with Crippen LogP contribution in [0.3, 0.4) is 0 Å². The highest BCUT2D eigenvalue weighted by atomic mass is 16.6. The summed E-state index contributed by atoms with van der Waals surface area (Å²) in [5.74, 6) is 0.321. The molecule has 3 heteroatoms. The average molecular weight is 179 g/mol. The van der Waals surface area contributed by atoms with Crippen LogP contribution in [0.25, 0.3) is 0 Å². The second-order valence-corrected chi connectivity index (χ2v) is 3.44. The van der Waals surface area contributed by atoms with Crippen LogP contribution in [0, 0.1) is 6.92 Å². The lowest BCUT2D eigenvalue weighted by molar-refractivity contribution is 0.401. The number of epoxide rings is 1. The molecule has 1 aliphatic rings. The van der Waals surface area contributed by atoms with E-state index < -0.39 is 0 Å². The predicted molar refractivity (Wildman–Crippen MR) is 50.7 cm³/mol. The van der Waals surface area contributed by atoms with E-state index in [1.165, 1.54) is 0 Å². The van der Waals surface area contributed by atoms with Crippen molar-refractivity contribution in [1.82, 2.24) is 0 Å². The minimum atomic E-state index is 0.284. The molecule has 1 aliphatic heterocycles. The van der Waals surface area contributed by atoms with E-state index in [0.29, 0.717) is 5.75 Å². The van der Waals surface area contributed by atoms with Gasteiger partial charge >= 0.3 is 0 Å². The zero-order valence-corrected chi connectivity index (χ0v) is 7.58. The number of aromatic hydroxyl groups is 1. The monoisotopic (exact) mass is 179 g/mol. The highest BCUT2D eigenvalue weighted by molar-refractivity contribution is 5.55. The molecule has 1 fully saturated rings. The molecule has 1 saturated heterocycles. The van der Waals surface area contributed by atoms with Gasteiger partial charge in [0.05, 0.1) is 12.7 Å². The highest BCUT2D eigenvalue weighted by Crippen LogP contribution is 2.29. The molecule has 0 aromatic heterocycles. The molecule has 0 radical (unpaired) electrons. The van der Waals surface area contributed by atoms with Crippen LogP contribution in [0.2, 0.25) is 0 Å². The van der Waals surface area contributed by atoms with E-state index in [9.17, 15) is 5.11 Å². The largest absolute Gasteiger partial charge is 0.508 e. The van der Waals surface area contributed by atoms with Crippen LogP contribution in [0.4, 0.5) is 5.69 Å². The van der Waals surface area contributed by atoms with Gasteiger partial charge in [-0.15, -0.1) is 0 Å². The zero-order valence-electron chi connectivity index (χ0n) is 7.58. The Labute approximate surface area is 77.1 Å². The SMILES string of the molecule is Cc1c(N)ccc(O)c1CC1CO1. The number of rotatable bonds is 2. The second-order valence-electron chi connectivity index (χ2n) is 3.44. The molecule has 0 bridgehead atoms. The molecule has 1 unspecified atom stereocenters. The van der Waals surface area contributed by atoms with E-state index in [-0.39, 0.29) is 6.10 Å². The van der Waals surface area contributed by atoms with Crippen molar-refractivity contribution in [2.75, 3.05) is 12.3 Å². The van der Waals surface area contributed by atoms with Gasteiger partial charge in [0.2, 0.25) is 0 Å². The van der Waals surface area contributed by atoms with Gasteiger partial charge in [-0.1, -0.05) is 0 Å². The fourth-order valence-electron chi connectivity index (χ4n) is 1.43. The van der Waals surface area contributed by atoms with Crippen molar-refractivity contribution in [3.8, 4) is 5.75 Å². The van der Waals surface area contributed by atoms with Gasteiger partial charge in [0.15, 0.2) is 0 Å². The molecule has 0 saturated carbocycles. The molecule has 70 valence electrons. The maximum absolute atomic E-state index is 9.58. The summed E-state index contributed by atoms with van der Waals surface area (Å²) in [5, 5.41) is 9.58. The first kappa shape index (κ1) is 8.38. The molecule has 0 amide bonds. The second kappa shape index (κ2) is 2.92. The van der Waals surface area contributed by atoms with Gasteiger partial charge in [-0.25, -0.2) is 0 Å². The fourth-order valence-corrected chi connectivity index (χ4v) is 1.43. The highest BCUT2D eigenvalue weighted by Gasteiger charge is 2.25. The average Bonchev–Trinajstić information content (AvgIpc) is 2.89. The molecule has 1 aromatic rings. The normalized spacial score (nSPS) is 20.2. The van der Waals surface area contributed by atoms with Gasteiger partial charge in [0.25, 0.3) is 0 Å². The summed E-state index contributed by atoms with van der Waals surface area (Å²) in [4.78, 5) is 0. The third-order valence-electron chi connectivity index (χ3n) is 2.45. The number of benzene rings is 1. The van der Waals surface area contributed by atoms with Gasteiger partial charge < -0.3 is 15.6 Å². The van der Waals surface area contributed by atoms with E-state index in [1.54, 1.807) is 12.1 Å². The number of nitrogen functional groups attached to an aromatic ring is 1. The van der Waals surface area contributed by atoms with Crippen molar-refractivity contribution in [2.24, 2.45) is 0 Å². The molecule has 0 aliphatic carbocycles. The van der Waals surface area contributed by atoms with E-state index in [1.807, 2.05) is 6.92 Å². The number of ether oxygens (including phenoxy) is 1. The van der Waals surface area contributed by atoms with E-state index in [0.717, 1.165) is 29.8 Å². The zero-order chi connectivity index (χ0) is 9.42. The van der Waals surface area contributed by atoms with Crippen LogP contribution in [0.15, 0.2) is 12.1 Å². The Morgan fingerprint density at radius 2 is 2.31 bits per heavy atom. The third-order valence-corrected chi connectivity index (χ3v) is 2.45. The summed E-state index contributed by atoms with van der Waals surface area (Å²) < 4.78 is 5.11. The Balaban J connectivity index is 2.34. The van der Waals surface area contributed by atoms with Crippen LogP contribution in [0.1, 0.15) is 11.1 Å². The lowest BCUT2D eigenvalue weighted by Gasteiger charge is -2.08. The quantitative estimate of drug-likeness (QED) is 0.408. The van der Waals surface area contributed by atoms with Gasteiger partial charge in [0.1, 0.15) is 5.75 Å². The lowest BCUT2D eigenvalue weighted by atomic mass is 10.0. The van der Waals surface area contributed by atoms with Crippen molar-refractivity contribution in [3.05, 3.63) is 23.3 Å². The molecular weight excluding hydrogens is 166 g/mol. The standard InChI is InChI=1S/C10H13NO2/c1-6-8(4-7-5-13-7)10(12)3-2-9(6)11/h2-3,7,12H,4-5,11H2,1H3. The number of phenols is 1. The molecule has 13 heavy (non-hydrogen) atoms. The topological polar surface area (TPSA) is 58.8 Å². The summed E-state index contributed by atoms with van der Waals surface area (Å²) in [6.45, 7) is 2.72. The number of hydrogen-bond acceptors (Lipinski definition) is 3. The van der Waals surface area contributed by atoms with Crippen molar-refractivity contribution in [1.29, 1.82) is 0 Å². The maximum atomic E-state index is 9.58. The fraction of sp³-hybridized carbons (Fsp3) is 0.400. The van der Waals surface area contributed by atoms with Crippen LogP contribution in [0.5, 0.6) is 5.75 Å². The molecular formula is C10H13NO2. The summed E-state index contributed by atoms with van der Waals surface area (Å²) >= 11 is 0. The number of nitrogens with two attached hydrogens (primary N) is 1. The lowest BCUT2D eigenvalue weighted by Crippen LogP contribution is -2.00. The Bertz CT molecular complexity index is 332. The van der Waals surface area contributed by atoms with Crippen molar-refractivity contribution >= 4 is 5.69 Å². The molecule has 1 heterocycles. The van der Waals surface area contributed by atoms with Gasteiger partial charge in [0, 0.05) is 17.7 Å². The first-order chi connectivity index (χ1) is 6.18. The van der Waals surface area contributed by atoms with E-state index in [4.69, 9.17) is 10.5 Å². The van der Waals surface area contributed by atoms with Crippen molar-refractivity contribution < 1.29 is 9.84 Å². The first-order valence-electron chi connectivity index (χ1n) is 4.37. The van der Waals surface area contributed by atoms with E-state index in [2.05, 4.69) is 0 Å². The van der Waals surface area contributed by atoms with Crippen LogP contribution < -0.4 is 5.73 Å². The minimum absolute atomic E-state index is 0.284. The predicted octanol–water partition coefficient (Wildman–Crippen LogP) is 1.22. The molecule has 2 rings (SSSR count).